The second-order valence-corrected chi connectivity index (χ2v) is 6.83. The van der Waals surface area contributed by atoms with Gasteiger partial charge < -0.3 is 18.9 Å². The van der Waals surface area contributed by atoms with Crippen LogP contribution in [0.25, 0.3) is 12.2 Å². The molecule has 0 unspecified atom stereocenters. The summed E-state index contributed by atoms with van der Waals surface area (Å²) in [6.07, 6.45) is 11.3. The van der Waals surface area contributed by atoms with E-state index in [2.05, 4.69) is 13.2 Å². The van der Waals surface area contributed by atoms with Crippen LogP contribution in [0, 0.1) is 0 Å². The molecule has 1 aromatic carbocycles. The van der Waals surface area contributed by atoms with E-state index in [0.29, 0.717) is 13.2 Å². The average Bonchev–Trinajstić information content (AvgIpc) is 2.85. The van der Waals surface area contributed by atoms with Gasteiger partial charge in [0.25, 0.3) is 0 Å². The fourth-order valence-corrected chi connectivity index (χ4v) is 2.45. The number of hydrogen-bond acceptors (Lipinski definition) is 8. The molecule has 0 aromatic heterocycles. The summed E-state index contributed by atoms with van der Waals surface area (Å²) in [4.78, 5) is 45.2. The van der Waals surface area contributed by atoms with E-state index >= 15 is 0 Å². The van der Waals surface area contributed by atoms with Gasteiger partial charge in [-0.1, -0.05) is 37.4 Å². The number of esters is 4. The Morgan fingerprint density at radius 1 is 0.559 bits per heavy atom. The van der Waals surface area contributed by atoms with E-state index in [1.54, 1.807) is 36.4 Å². The van der Waals surface area contributed by atoms with E-state index in [0.717, 1.165) is 49.0 Å². The van der Waals surface area contributed by atoms with Crippen LogP contribution in [-0.4, -0.2) is 50.3 Å². The Labute approximate surface area is 199 Å². The molecule has 0 aliphatic rings. The minimum Gasteiger partial charge on any atom is -0.463 e. The third-order valence-electron chi connectivity index (χ3n) is 4.19. The van der Waals surface area contributed by atoms with Gasteiger partial charge in [0.2, 0.25) is 0 Å². The van der Waals surface area contributed by atoms with Crippen molar-refractivity contribution in [3.63, 3.8) is 0 Å². The summed E-state index contributed by atoms with van der Waals surface area (Å²) >= 11 is 0. The highest BCUT2D eigenvalue weighted by atomic mass is 16.6. The van der Waals surface area contributed by atoms with E-state index < -0.39 is 23.9 Å². The first kappa shape index (κ1) is 28.1. The molecule has 8 nitrogen and oxygen atoms in total. The number of benzene rings is 1. The standard InChI is InChI=1S/C26H30O8/c1-3-23(27)31-17-7-5-6-8-18-32-25(29)15-13-21-9-11-22(12-10-21)14-16-26(30)34-20-19-33-24(28)4-2/h3-4,9-16H,1-2,5-8,17-20H2/b15-13+,16-14+. The number of rotatable bonds is 16. The molecule has 0 bridgehead atoms. The summed E-state index contributed by atoms with van der Waals surface area (Å²) < 4.78 is 19.6. The summed E-state index contributed by atoms with van der Waals surface area (Å²) in [6.45, 7) is 7.19. The van der Waals surface area contributed by atoms with Crippen molar-refractivity contribution < 1.29 is 38.1 Å². The van der Waals surface area contributed by atoms with Crippen LogP contribution in [0.2, 0.25) is 0 Å². The SMILES string of the molecule is C=CC(=O)OCCCCCCOC(=O)/C=C/c1ccc(/C=C/C(=O)OCCOC(=O)C=C)cc1. The van der Waals surface area contributed by atoms with Gasteiger partial charge in [-0.05, 0) is 49.0 Å². The Morgan fingerprint density at radius 3 is 1.32 bits per heavy atom. The highest BCUT2D eigenvalue weighted by Crippen LogP contribution is 2.08. The van der Waals surface area contributed by atoms with Gasteiger partial charge in [-0.2, -0.15) is 0 Å². The Balaban J connectivity index is 2.23. The molecular weight excluding hydrogens is 440 g/mol. The van der Waals surface area contributed by atoms with Crippen molar-refractivity contribution in [2.75, 3.05) is 26.4 Å². The van der Waals surface area contributed by atoms with E-state index in [9.17, 15) is 19.2 Å². The number of carbonyl (C=O) groups excluding carboxylic acids is 4. The van der Waals surface area contributed by atoms with Crippen molar-refractivity contribution in [1.82, 2.24) is 0 Å². The molecule has 0 saturated carbocycles. The lowest BCUT2D eigenvalue weighted by atomic mass is 10.1. The van der Waals surface area contributed by atoms with Crippen LogP contribution >= 0.6 is 0 Å². The zero-order chi connectivity index (χ0) is 25.0. The molecule has 34 heavy (non-hydrogen) atoms. The van der Waals surface area contributed by atoms with Gasteiger partial charge in [0, 0.05) is 24.3 Å². The third-order valence-corrected chi connectivity index (χ3v) is 4.19. The molecule has 0 N–H and O–H groups in total. The fraction of sp³-hybridized carbons (Fsp3) is 0.308. The molecule has 1 rings (SSSR count). The fourth-order valence-electron chi connectivity index (χ4n) is 2.45. The molecule has 0 saturated heterocycles. The average molecular weight is 471 g/mol. The lowest BCUT2D eigenvalue weighted by Gasteiger charge is -2.03. The van der Waals surface area contributed by atoms with E-state index in [4.69, 9.17) is 18.9 Å². The van der Waals surface area contributed by atoms with Crippen LogP contribution < -0.4 is 0 Å². The van der Waals surface area contributed by atoms with Crippen molar-refractivity contribution in [2.24, 2.45) is 0 Å². The van der Waals surface area contributed by atoms with Gasteiger partial charge in [0.1, 0.15) is 13.2 Å². The largest absolute Gasteiger partial charge is 0.463 e. The Hall–Kier alpha value is -3.94. The molecule has 0 fully saturated rings. The van der Waals surface area contributed by atoms with Crippen molar-refractivity contribution in [1.29, 1.82) is 0 Å². The summed E-state index contributed by atoms with van der Waals surface area (Å²) in [6, 6.07) is 7.16. The number of ether oxygens (including phenoxy) is 4. The third kappa shape index (κ3) is 14.2. The van der Waals surface area contributed by atoms with Crippen molar-refractivity contribution in [3.05, 3.63) is 72.9 Å². The van der Waals surface area contributed by atoms with Gasteiger partial charge in [-0.15, -0.1) is 0 Å². The summed E-state index contributed by atoms with van der Waals surface area (Å²) in [5.74, 6) is -1.98. The van der Waals surface area contributed by atoms with E-state index in [-0.39, 0.29) is 13.2 Å². The minimum absolute atomic E-state index is 0.0388. The lowest BCUT2D eigenvalue weighted by Crippen LogP contribution is -2.11. The second kappa shape index (κ2) is 17.6. The van der Waals surface area contributed by atoms with Crippen molar-refractivity contribution in [2.45, 2.75) is 25.7 Å². The maximum absolute atomic E-state index is 11.8. The van der Waals surface area contributed by atoms with Gasteiger partial charge >= 0.3 is 23.9 Å². The molecule has 0 aliphatic heterocycles. The lowest BCUT2D eigenvalue weighted by molar-refractivity contribution is -0.145. The first-order chi connectivity index (χ1) is 16.4. The maximum Gasteiger partial charge on any atom is 0.330 e. The monoisotopic (exact) mass is 470 g/mol. The Bertz CT molecular complexity index is 881. The van der Waals surface area contributed by atoms with E-state index in [1.165, 1.54) is 12.2 Å². The summed E-state index contributed by atoms with van der Waals surface area (Å²) in [5, 5.41) is 0. The zero-order valence-electron chi connectivity index (χ0n) is 19.1. The first-order valence-electron chi connectivity index (χ1n) is 10.8. The van der Waals surface area contributed by atoms with E-state index in [1.807, 2.05) is 0 Å². The van der Waals surface area contributed by atoms with Gasteiger partial charge in [0.05, 0.1) is 13.2 Å². The number of carbonyl (C=O) groups is 4. The normalized spacial score (nSPS) is 10.6. The maximum atomic E-state index is 11.8. The van der Waals surface area contributed by atoms with Crippen molar-refractivity contribution >= 4 is 36.0 Å². The smallest absolute Gasteiger partial charge is 0.330 e. The van der Waals surface area contributed by atoms with Crippen molar-refractivity contribution in [3.8, 4) is 0 Å². The van der Waals surface area contributed by atoms with Gasteiger partial charge in [-0.25, -0.2) is 19.2 Å². The summed E-state index contributed by atoms with van der Waals surface area (Å²) in [5.41, 5.74) is 1.57. The highest BCUT2D eigenvalue weighted by Gasteiger charge is 2.01. The molecule has 0 aliphatic carbocycles. The van der Waals surface area contributed by atoms with Crippen LogP contribution in [0.15, 0.2) is 61.7 Å². The molecule has 0 heterocycles. The number of hydrogen-bond donors (Lipinski definition) is 0. The molecule has 1 aromatic rings. The van der Waals surface area contributed by atoms with Gasteiger partial charge in [0.15, 0.2) is 0 Å². The molecule has 0 atom stereocenters. The Morgan fingerprint density at radius 2 is 0.912 bits per heavy atom. The van der Waals surface area contributed by atoms with Gasteiger partial charge in [-0.3, -0.25) is 0 Å². The predicted octanol–water partition coefficient (Wildman–Crippen LogP) is 3.82. The molecule has 182 valence electrons. The minimum atomic E-state index is -0.577. The molecule has 0 amide bonds. The molecular formula is C26H30O8. The Kier molecular flexibility index (Phi) is 14.5. The van der Waals surface area contributed by atoms with Crippen LogP contribution in [-0.2, 0) is 38.1 Å². The molecule has 0 spiro atoms. The highest BCUT2D eigenvalue weighted by molar-refractivity contribution is 5.88. The second-order valence-electron chi connectivity index (χ2n) is 6.83. The predicted molar refractivity (Wildman–Crippen MR) is 127 cm³/mol. The van der Waals surface area contributed by atoms with Crippen LogP contribution in [0.5, 0.6) is 0 Å². The summed E-state index contributed by atoms with van der Waals surface area (Å²) in [7, 11) is 0. The van der Waals surface area contributed by atoms with Crippen LogP contribution in [0.3, 0.4) is 0 Å². The van der Waals surface area contributed by atoms with Crippen LogP contribution in [0.1, 0.15) is 36.8 Å². The number of unbranched alkanes of at least 4 members (excludes halogenated alkanes) is 3. The first-order valence-corrected chi connectivity index (χ1v) is 10.8. The topological polar surface area (TPSA) is 105 Å². The molecule has 0 radical (unpaired) electrons. The zero-order valence-corrected chi connectivity index (χ0v) is 19.1. The quantitative estimate of drug-likeness (QED) is 0.155. The molecule has 8 heteroatoms. The van der Waals surface area contributed by atoms with Crippen LogP contribution in [0.4, 0.5) is 0 Å².